The molecule has 0 fully saturated rings. The number of nitrogens with zero attached hydrogens (tertiary/aromatic N) is 2. The Morgan fingerprint density at radius 2 is 2.00 bits per heavy atom. The van der Waals surface area contributed by atoms with Crippen molar-refractivity contribution in [1.82, 2.24) is 0 Å². The van der Waals surface area contributed by atoms with Crippen LogP contribution in [-0.2, 0) is 5.12 Å². The molecule has 0 radical (unpaired) electrons. The molecule has 0 amide bonds. The van der Waals surface area contributed by atoms with Gasteiger partial charge in [0.1, 0.15) is 0 Å². The van der Waals surface area contributed by atoms with Crippen molar-refractivity contribution in [3.05, 3.63) is 34.9 Å². The van der Waals surface area contributed by atoms with E-state index in [1.165, 1.54) is 0 Å². The van der Waals surface area contributed by atoms with E-state index in [9.17, 15) is 0 Å². The first kappa shape index (κ1) is 7.07. The molecule has 1 heterocycles. The highest BCUT2D eigenvalue weighted by Gasteiger charge is 2.39. The van der Waals surface area contributed by atoms with Crippen LogP contribution in [0.25, 0.3) is 0 Å². The normalized spacial score (nSPS) is 18.4. The SMILES string of the molecule is Clc1cccc(C2(Cl)N=N2)c1. The Kier molecular flexibility index (Phi) is 1.41. The van der Waals surface area contributed by atoms with E-state index in [2.05, 4.69) is 10.2 Å². The minimum Gasteiger partial charge on any atom is -0.135 e. The van der Waals surface area contributed by atoms with Crippen molar-refractivity contribution in [3.8, 4) is 0 Å². The van der Waals surface area contributed by atoms with Crippen LogP contribution in [0.15, 0.2) is 34.5 Å². The zero-order chi connectivity index (χ0) is 7.90. The molecule has 0 aromatic heterocycles. The van der Waals surface area contributed by atoms with Crippen LogP contribution < -0.4 is 0 Å². The van der Waals surface area contributed by atoms with Gasteiger partial charge in [-0.05, 0) is 12.1 Å². The Morgan fingerprint density at radius 3 is 2.55 bits per heavy atom. The molecule has 56 valence electrons. The Labute approximate surface area is 73.8 Å². The molecule has 1 aliphatic heterocycles. The Balaban J connectivity index is 2.39. The summed E-state index contributed by atoms with van der Waals surface area (Å²) in [6.45, 7) is 0. The third-order valence-electron chi connectivity index (χ3n) is 1.47. The van der Waals surface area contributed by atoms with E-state index in [1.54, 1.807) is 12.1 Å². The smallest absolute Gasteiger partial charge is 0.135 e. The molecule has 4 heteroatoms. The van der Waals surface area contributed by atoms with Gasteiger partial charge in [0.15, 0.2) is 0 Å². The number of rotatable bonds is 1. The lowest BCUT2D eigenvalue weighted by atomic mass is 10.2. The highest BCUT2D eigenvalue weighted by atomic mass is 35.5. The Morgan fingerprint density at radius 1 is 1.27 bits per heavy atom. The molecule has 1 aliphatic rings. The van der Waals surface area contributed by atoms with Gasteiger partial charge >= 0.3 is 0 Å². The Bertz CT molecular complexity index is 316. The molecule has 0 bridgehead atoms. The zero-order valence-electron chi connectivity index (χ0n) is 5.46. The number of benzene rings is 1. The first-order chi connectivity index (χ1) is 5.21. The average Bonchev–Trinajstić information content (AvgIpc) is 2.70. The molecule has 0 saturated heterocycles. The van der Waals surface area contributed by atoms with Crippen molar-refractivity contribution in [2.24, 2.45) is 10.2 Å². The van der Waals surface area contributed by atoms with Gasteiger partial charge in [-0.25, -0.2) is 0 Å². The minimum absolute atomic E-state index is 0.653. The third kappa shape index (κ3) is 1.24. The highest BCUT2D eigenvalue weighted by Crippen LogP contribution is 2.43. The van der Waals surface area contributed by atoms with Gasteiger partial charge in [0, 0.05) is 10.6 Å². The van der Waals surface area contributed by atoms with E-state index >= 15 is 0 Å². The molecule has 1 aromatic carbocycles. The second kappa shape index (κ2) is 2.19. The van der Waals surface area contributed by atoms with E-state index in [0.29, 0.717) is 5.02 Å². The van der Waals surface area contributed by atoms with Crippen LogP contribution in [0.3, 0.4) is 0 Å². The molecule has 2 nitrogen and oxygen atoms in total. The molecule has 0 unspecified atom stereocenters. The topological polar surface area (TPSA) is 24.7 Å². The average molecular weight is 187 g/mol. The molecule has 0 atom stereocenters. The van der Waals surface area contributed by atoms with Crippen molar-refractivity contribution < 1.29 is 0 Å². The molecule has 2 rings (SSSR count). The van der Waals surface area contributed by atoms with Gasteiger partial charge in [0.25, 0.3) is 5.12 Å². The molecule has 11 heavy (non-hydrogen) atoms. The summed E-state index contributed by atoms with van der Waals surface area (Å²) in [4.78, 5) is 0. The van der Waals surface area contributed by atoms with Gasteiger partial charge in [-0.2, -0.15) is 0 Å². The van der Waals surface area contributed by atoms with Crippen LogP contribution >= 0.6 is 23.2 Å². The molecular weight excluding hydrogens is 183 g/mol. The van der Waals surface area contributed by atoms with Crippen LogP contribution in [0.4, 0.5) is 0 Å². The van der Waals surface area contributed by atoms with Gasteiger partial charge in [0.2, 0.25) is 0 Å². The van der Waals surface area contributed by atoms with Crippen LogP contribution in [0, 0.1) is 0 Å². The molecule has 0 N–H and O–H groups in total. The summed E-state index contributed by atoms with van der Waals surface area (Å²) >= 11 is 11.6. The largest absolute Gasteiger partial charge is 0.289 e. The van der Waals surface area contributed by atoms with Crippen LogP contribution in [0.5, 0.6) is 0 Å². The standard InChI is InChI=1S/C7H4Cl2N2/c8-6-3-1-2-5(4-6)7(9)10-11-7/h1-4H. The number of halogens is 2. The first-order valence-corrected chi connectivity index (χ1v) is 3.85. The van der Waals surface area contributed by atoms with Crippen molar-refractivity contribution in [2.75, 3.05) is 0 Å². The number of hydrogen-bond acceptors (Lipinski definition) is 2. The fourth-order valence-corrected chi connectivity index (χ4v) is 1.19. The monoisotopic (exact) mass is 186 g/mol. The van der Waals surface area contributed by atoms with E-state index in [0.717, 1.165) is 5.56 Å². The fraction of sp³-hybridized carbons (Fsp3) is 0.143. The van der Waals surface area contributed by atoms with Crippen molar-refractivity contribution in [2.45, 2.75) is 5.12 Å². The van der Waals surface area contributed by atoms with Gasteiger partial charge in [-0.3, -0.25) is 0 Å². The predicted octanol–water partition coefficient (Wildman–Crippen LogP) is 3.15. The fourth-order valence-electron chi connectivity index (χ4n) is 0.846. The zero-order valence-corrected chi connectivity index (χ0v) is 6.97. The predicted molar refractivity (Wildman–Crippen MR) is 43.8 cm³/mol. The highest BCUT2D eigenvalue weighted by molar-refractivity contribution is 6.31. The maximum absolute atomic E-state index is 5.85. The number of alkyl halides is 1. The molecule has 0 spiro atoms. The summed E-state index contributed by atoms with van der Waals surface area (Å²) in [5.41, 5.74) is 0.826. The van der Waals surface area contributed by atoms with Crippen LogP contribution in [0.1, 0.15) is 5.56 Å². The maximum atomic E-state index is 5.85. The van der Waals surface area contributed by atoms with E-state index in [-0.39, 0.29) is 0 Å². The van der Waals surface area contributed by atoms with Gasteiger partial charge in [0.05, 0.1) is 0 Å². The van der Waals surface area contributed by atoms with E-state index in [1.807, 2.05) is 12.1 Å². The quantitative estimate of drug-likeness (QED) is 0.476. The van der Waals surface area contributed by atoms with Gasteiger partial charge < -0.3 is 0 Å². The Hall–Kier alpha value is -0.600. The minimum atomic E-state index is -0.828. The lowest BCUT2D eigenvalue weighted by molar-refractivity contribution is 0.941. The summed E-state index contributed by atoms with van der Waals surface area (Å²) in [7, 11) is 0. The second-order valence-electron chi connectivity index (χ2n) is 2.30. The molecule has 1 aromatic rings. The molecule has 0 saturated carbocycles. The lowest BCUT2D eigenvalue weighted by Gasteiger charge is -2.00. The molecular formula is C7H4Cl2N2. The van der Waals surface area contributed by atoms with Gasteiger partial charge in [-0.15, -0.1) is 10.2 Å². The van der Waals surface area contributed by atoms with Crippen LogP contribution in [-0.4, -0.2) is 0 Å². The van der Waals surface area contributed by atoms with Gasteiger partial charge in [-0.1, -0.05) is 35.3 Å². The summed E-state index contributed by atoms with van der Waals surface area (Å²) in [6, 6.07) is 7.21. The van der Waals surface area contributed by atoms with Crippen molar-refractivity contribution in [1.29, 1.82) is 0 Å². The summed E-state index contributed by atoms with van der Waals surface area (Å²) < 4.78 is 0. The van der Waals surface area contributed by atoms with E-state index in [4.69, 9.17) is 23.2 Å². The number of hydrogen-bond donors (Lipinski definition) is 0. The van der Waals surface area contributed by atoms with Crippen molar-refractivity contribution in [3.63, 3.8) is 0 Å². The molecule has 0 aliphatic carbocycles. The summed E-state index contributed by atoms with van der Waals surface area (Å²) in [5.74, 6) is 0. The summed E-state index contributed by atoms with van der Waals surface area (Å²) in [6.07, 6.45) is 0. The van der Waals surface area contributed by atoms with E-state index < -0.39 is 5.12 Å². The summed E-state index contributed by atoms with van der Waals surface area (Å²) in [5, 5.41) is 7.18. The first-order valence-electron chi connectivity index (χ1n) is 3.10. The second-order valence-corrected chi connectivity index (χ2v) is 3.26. The third-order valence-corrected chi connectivity index (χ3v) is 2.07. The maximum Gasteiger partial charge on any atom is 0.289 e. The van der Waals surface area contributed by atoms with Crippen LogP contribution in [0.2, 0.25) is 5.02 Å². The van der Waals surface area contributed by atoms with Crippen molar-refractivity contribution >= 4 is 23.2 Å². The lowest BCUT2D eigenvalue weighted by Crippen LogP contribution is -1.96.